The van der Waals surface area contributed by atoms with Crippen molar-refractivity contribution in [3.05, 3.63) is 62.7 Å². The highest BCUT2D eigenvalue weighted by molar-refractivity contribution is 6.33. The van der Waals surface area contributed by atoms with Crippen LogP contribution in [0, 0.1) is 17.0 Å². The Morgan fingerprint density at radius 1 is 1.33 bits per heavy atom. The van der Waals surface area contributed by atoms with Crippen molar-refractivity contribution in [2.45, 2.75) is 13.5 Å². The summed E-state index contributed by atoms with van der Waals surface area (Å²) in [7, 11) is 1.53. The van der Waals surface area contributed by atoms with E-state index in [9.17, 15) is 10.1 Å². The van der Waals surface area contributed by atoms with E-state index in [1.54, 1.807) is 12.1 Å². The predicted octanol–water partition coefficient (Wildman–Crippen LogP) is 4.18. The largest absolute Gasteiger partial charge is 0.496 e. The summed E-state index contributed by atoms with van der Waals surface area (Å²) in [6.07, 6.45) is 0. The number of methoxy groups -OCH3 is 1. The van der Waals surface area contributed by atoms with Crippen LogP contribution >= 0.6 is 11.6 Å². The van der Waals surface area contributed by atoms with E-state index >= 15 is 0 Å². The molecule has 0 saturated heterocycles. The van der Waals surface area contributed by atoms with Crippen LogP contribution in [0.1, 0.15) is 11.1 Å². The lowest BCUT2D eigenvalue weighted by molar-refractivity contribution is -0.384. The molecule has 0 atom stereocenters. The lowest BCUT2D eigenvalue weighted by Gasteiger charge is -2.13. The van der Waals surface area contributed by atoms with Gasteiger partial charge >= 0.3 is 0 Å². The molecule has 2 aromatic rings. The van der Waals surface area contributed by atoms with Gasteiger partial charge in [-0.2, -0.15) is 0 Å². The summed E-state index contributed by atoms with van der Waals surface area (Å²) in [4.78, 5) is 10.4. The van der Waals surface area contributed by atoms with Gasteiger partial charge in [-0.25, -0.2) is 0 Å². The van der Waals surface area contributed by atoms with Crippen molar-refractivity contribution in [1.82, 2.24) is 0 Å². The van der Waals surface area contributed by atoms with E-state index in [1.165, 1.54) is 19.2 Å². The average Bonchev–Trinajstić information content (AvgIpc) is 2.46. The summed E-state index contributed by atoms with van der Waals surface area (Å²) >= 11 is 6.15. The minimum atomic E-state index is -0.427. The average molecular weight is 307 g/mol. The van der Waals surface area contributed by atoms with E-state index in [0.717, 1.165) is 11.3 Å². The van der Waals surface area contributed by atoms with E-state index in [0.29, 0.717) is 22.9 Å². The summed E-state index contributed by atoms with van der Waals surface area (Å²) in [5, 5.41) is 14.7. The minimum Gasteiger partial charge on any atom is -0.496 e. The number of hydrogen-bond donors (Lipinski definition) is 1. The molecule has 0 aliphatic carbocycles. The number of halogens is 1. The zero-order valence-corrected chi connectivity index (χ0v) is 12.5. The highest BCUT2D eigenvalue weighted by Crippen LogP contribution is 2.28. The molecule has 0 spiro atoms. The van der Waals surface area contributed by atoms with Gasteiger partial charge in [-0.15, -0.1) is 0 Å². The van der Waals surface area contributed by atoms with Crippen LogP contribution in [0.3, 0.4) is 0 Å². The number of non-ortho nitro benzene ring substituents is 1. The highest BCUT2D eigenvalue weighted by Gasteiger charge is 2.12. The fourth-order valence-electron chi connectivity index (χ4n) is 2.06. The van der Waals surface area contributed by atoms with Gasteiger partial charge in [0.05, 0.1) is 22.7 Å². The predicted molar refractivity (Wildman–Crippen MR) is 83.2 cm³/mol. The molecule has 0 saturated carbocycles. The van der Waals surface area contributed by atoms with Crippen molar-refractivity contribution >= 4 is 23.0 Å². The van der Waals surface area contributed by atoms with Crippen LogP contribution in [0.5, 0.6) is 5.75 Å². The van der Waals surface area contributed by atoms with Crippen molar-refractivity contribution in [2.24, 2.45) is 0 Å². The smallest absolute Gasteiger partial charge is 0.270 e. The second-order valence-corrected chi connectivity index (χ2v) is 4.95. The lowest BCUT2D eigenvalue weighted by atomic mass is 10.1. The first-order valence-electron chi connectivity index (χ1n) is 6.33. The van der Waals surface area contributed by atoms with Gasteiger partial charge in [0.25, 0.3) is 5.69 Å². The number of benzene rings is 2. The highest BCUT2D eigenvalue weighted by atomic mass is 35.5. The maximum Gasteiger partial charge on any atom is 0.270 e. The first kappa shape index (κ1) is 15.1. The molecule has 0 aromatic heterocycles. The molecule has 0 bridgehead atoms. The zero-order chi connectivity index (χ0) is 15.4. The fraction of sp³-hybridized carbons (Fsp3) is 0.200. The maximum absolute atomic E-state index is 10.9. The van der Waals surface area contributed by atoms with E-state index in [4.69, 9.17) is 16.3 Å². The SMILES string of the molecule is COc1ccc([N+](=O)[O-])cc1CNc1c(C)cccc1Cl. The van der Waals surface area contributed by atoms with Crippen LogP contribution in [-0.4, -0.2) is 12.0 Å². The number of aryl methyl sites for hydroxylation is 1. The second kappa shape index (κ2) is 6.45. The molecule has 0 aliphatic heterocycles. The Morgan fingerprint density at radius 2 is 2.10 bits per heavy atom. The summed E-state index contributed by atoms with van der Waals surface area (Å²) in [5.41, 5.74) is 2.55. The standard InChI is InChI=1S/C15H15ClN2O3/c1-10-4-3-5-13(16)15(10)17-9-11-8-12(18(19)20)6-7-14(11)21-2/h3-8,17H,9H2,1-2H3. The van der Waals surface area contributed by atoms with E-state index < -0.39 is 4.92 Å². The summed E-state index contributed by atoms with van der Waals surface area (Å²) in [6.45, 7) is 2.33. The Morgan fingerprint density at radius 3 is 2.71 bits per heavy atom. The van der Waals surface area contributed by atoms with Gasteiger partial charge in [-0.3, -0.25) is 10.1 Å². The number of rotatable bonds is 5. The number of nitro benzene ring substituents is 1. The number of hydrogen-bond acceptors (Lipinski definition) is 4. The summed E-state index contributed by atoms with van der Waals surface area (Å²) < 4.78 is 5.23. The van der Waals surface area contributed by atoms with E-state index in [1.807, 2.05) is 19.1 Å². The molecular weight excluding hydrogens is 292 g/mol. The van der Waals surface area contributed by atoms with E-state index in [-0.39, 0.29) is 5.69 Å². The van der Waals surface area contributed by atoms with Crippen molar-refractivity contribution in [3.63, 3.8) is 0 Å². The van der Waals surface area contributed by atoms with Crippen LogP contribution in [0.15, 0.2) is 36.4 Å². The maximum atomic E-state index is 10.9. The molecule has 0 amide bonds. The van der Waals surface area contributed by atoms with Gasteiger partial charge < -0.3 is 10.1 Å². The molecule has 6 heteroatoms. The lowest BCUT2D eigenvalue weighted by Crippen LogP contribution is -2.04. The van der Waals surface area contributed by atoms with Gasteiger partial charge in [0, 0.05) is 24.2 Å². The third-order valence-corrected chi connectivity index (χ3v) is 3.47. The first-order valence-corrected chi connectivity index (χ1v) is 6.71. The normalized spacial score (nSPS) is 10.2. The van der Waals surface area contributed by atoms with Gasteiger partial charge in [-0.05, 0) is 24.6 Å². The third-order valence-electron chi connectivity index (χ3n) is 3.15. The number of para-hydroxylation sites is 1. The molecule has 21 heavy (non-hydrogen) atoms. The van der Waals surface area contributed by atoms with Gasteiger partial charge in [0.15, 0.2) is 0 Å². The van der Waals surface area contributed by atoms with Crippen LogP contribution in [0.2, 0.25) is 5.02 Å². The van der Waals surface area contributed by atoms with Crippen LogP contribution < -0.4 is 10.1 Å². The number of nitrogens with zero attached hydrogens (tertiary/aromatic N) is 1. The minimum absolute atomic E-state index is 0.0310. The molecule has 5 nitrogen and oxygen atoms in total. The van der Waals surface area contributed by atoms with Crippen molar-refractivity contribution in [2.75, 3.05) is 12.4 Å². The fourth-order valence-corrected chi connectivity index (χ4v) is 2.34. The molecule has 1 N–H and O–H groups in total. The van der Waals surface area contributed by atoms with Crippen LogP contribution in [0.25, 0.3) is 0 Å². The van der Waals surface area contributed by atoms with Crippen molar-refractivity contribution < 1.29 is 9.66 Å². The Hall–Kier alpha value is -2.27. The monoisotopic (exact) mass is 306 g/mol. The molecule has 2 rings (SSSR count). The van der Waals surface area contributed by atoms with Gasteiger partial charge in [-0.1, -0.05) is 23.7 Å². The topological polar surface area (TPSA) is 64.4 Å². The molecule has 110 valence electrons. The first-order chi connectivity index (χ1) is 10.0. The molecule has 2 aromatic carbocycles. The summed E-state index contributed by atoms with van der Waals surface area (Å²) in [6, 6.07) is 10.1. The van der Waals surface area contributed by atoms with Crippen LogP contribution in [0.4, 0.5) is 11.4 Å². The number of nitrogens with one attached hydrogen (secondary N) is 1. The van der Waals surface area contributed by atoms with Crippen molar-refractivity contribution in [3.8, 4) is 5.75 Å². The van der Waals surface area contributed by atoms with Crippen LogP contribution in [-0.2, 0) is 6.54 Å². The van der Waals surface area contributed by atoms with Crippen molar-refractivity contribution in [1.29, 1.82) is 0 Å². The Kier molecular flexibility index (Phi) is 4.65. The molecule has 0 aliphatic rings. The number of nitro groups is 1. The Labute approximate surface area is 127 Å². The number of ether oxygens (including phenoxy) is 1. The molecule has 0 fully saturated rings. The summed E-state index contributed by atoms with van der Waals surface area (Å²) in [5.74, 6) is 0.595. The molecule has 0 heterocycles. The Bertz CT molecular complexity index is 654. The van der Waals surface area contributed by atoms with E-state index in [2.05, 4.69) is 5.32 Å². The zero-order valence-electron chi connectivity index (χ0n) is 11.7. The molecule has 0 unspecified atom stereocenters. The van der Waals surface area contributed by atoms with Gasteiger partial charge in [0.1, 0.15) is 5.75 Å². The quantitative estimate of drug-likeness (QED) is 0.665. The molecule has 0 radical (unpaired) electrons. The second-order valence-electron chi connectivity index (χ2n) is 4.54. The third kappa shape index (κ3) is 3.44. The Balaban J connectivity index is 2.26. The molecular formula is C15H15ClN2O3. The van der Waals surface area contributed by atoms with Gasteiger partial charge in [0.2, 0.25) is 0 Å². The number of anilines is 1.